The van der Waals surface area contributed by atoms with E-state index in [-0.39, 0.29) is 72.2 Å². The largest absolute Gasteiger partial charge is 0.453 e. The molecule has 9 rings (SSSR count). The van der Waals surface area contributed by atoms with Crippen LogP contribution in [-0.4, -0.2) is 117 Å². The molecule has 1 aliphatic carbocycles. The highest BCUT2D eigenvalue weighted by Crippen LogP contribution is 2.44. The number of aromatic nitrogens is 4. The Morgan fingerprint density at radius 3 is 1.38 bits per heavy atom. The predicted molar refractivity (Wildman–Crippen MR) is 255 cm³/mol. The number of alkyl carbamates (subject to hydrolysis) is 2. The van der Waals surface area contributed by atoms with Crippen molar-refractivity contribution >= 4 is 24.0 Å². The summed E-state index contributed by atoms with van der Waals surface area (Å²) in [5.41, 5.74) is 5.77. The van der Waals surface area contributed by atoms with Gasteiger partial charge in [-0.15, -0.1) is 0 Å². The van der Waals surface area contributed by atoms with Gasteiger partial charge in [0.25, 0.3) is 0 Å². The van der Waals surface area contributed by atoms with Gasteiger partial charge in [0.05, 0.1) is 74.5 Å². The Hall–Kier alpha value is -5.74. The van der Waals surface area contributed by atoms with Crippen molar-refractivity contribution in [3.05, 3.63) is 72.6 Å². The van der Waals surface area contributed by atoms with Gasteiger partial charge in [-0.1, -0.05) is 48.5 Å². The number of aromatic amines is 2. The lowest BCUT2D eigenvalue weighted by Gasteiger charge is -2.40. The van der Waals surface area contributed by atoms with Crippen LogP contribution in [-0.2, 0) is 28.5 Å². The lowest BCUT2D eigenvalue weighted by Crippen LogP contribution is -2.55. The molecule has 4 aromatic rings. The van der Waals surface area contributed by atoms with E-state index in [1.807, 2.05) is 36.0 Å². The van der Waals surface area contributed by atoms with E-state index in [0.29, 0.717) is 25.2 Å². The molecule has 0 unspecified atom stereocenters. The minimum absolute atomic E-state index is 0.00416. The normalized spacial score (nSPS) is 29.3. The Morgan fingerprint density at radius 2 is 0.971 bits per heavy atom. The topological polar surface area (TPSA) is 193 Å². The van der Waals surface area contributed by atoms with Crippen LogP contribution < -0.4 is 10.6 Å². The van der Waals surface area contributed by atoms with E-state index in [2.05, 4.69) is 89.9 Å². The minimum Gasteiger partial charge on any atom is -0.453 e. The van der Waals surface area contributed by atoms with Gasteiger partial charge in [-0.2, -0.15) is 0 Å². The van der Waals surface area contributed by atoms with Crippen molar-refractivity contribution in [1.82, 2.24) is 40.4 Å². The molecule has 4 aliphatic heterocycles. The van der Waals surface area contributed by atoms with Crippen molar-refractivity contribution in [1.29, 1.82) is 0 Å². The van der Waals surface area contributed by atoms with Crippen molar-refractivity contribution in [2.24, 2.45) is 17.8 Å². The van der Waals surface area contributed by atoms with Crippen molar-refractivity contribution < 1.29 is 38.1 Å². The molecule has 16 nitrogen and oxygen atoms in total. The maximum atomic E-state index is 14.6. The van der Waals surface area contributed by atoms with Crippen molar-refractivity contribution in [2.45, 2.75) is 159 Å². The third-order valence-corrected chi connectivity index (χ3v) is 15.2. The average Bonchev–Trinajstić information content (AvgIpc) is 3.62. The summed E-state index contributed by atoms with van der Waals surface area (Å²) in [6.45, 7) is 10.2. The fourth-order valence-electron chi connectivity index (χ4n) is 11.7. The van der Waals surface area contributed by atoms with Gasteiger partial charge in [-0.05, 0) is 139 Å². The number of nitrogens with one attached hydrogen (secondary N) is 4. The van der Waals surface area contributed by atoms with Crippen LogP contribution in [0.25, 0.3) is 33.6 Å². The molecule has 11 atom stereocenters. The number of carbonyl (C=O) groups is 4. The van der Waals surface area contributed by atoms with Crippen LogP contribution in [0.5, 0.6) is 0 Å². The van der Waals surface area contributed by atoms with Gasteiger partial charge < -0.3 is 49.3 Å². The van der Waals surface area contributed by atoms with Crippen LogP contribution in [0.2, 0.25) is 0 Å². The zero-order chi connectivity index (χ0) is 47.8. The van der Waals surface area contributed by atoms with E-state index in [1.165, 1.54) is 14.2 Å². The Labute approximate surface area is 399 Å². The van der Waals surface area contributed by atoms with Crippen LogP contribution in [0.15, 0.2) is 60.9 Å². The summed E-state index contributed by atoms with van der Waals surface area (Å²) in [6.07, 6.45) is 10.7. The molecule has 0 spiro atoms. The van der Waals surface area contributed by atoms with E-state index < -0.39 is 24.3 Å². The van der Waals surface area contributed by atoms with Gasteiger partial charge in [-0.3, -0.25) is 9.59 Å². The number of carbonyl (C=O) groups excluding carboxylic acids is 4. The van der Waals surface area contributed by atoms with Gasteiger partial charge in [-0.25, -0.2) is 19.6 Å². The zero-order valence-electron chi connectivity index (χ0n) is 40.4. The summed E-state index contributed by atoms with van der Waals surface area (Å²) in [7, 11) is 2.65. The molecule has 68 heavy (non-hydrogen) atoms. The Bertz CT molecular complexity index is 2410. The summed E-state index contributed by atoms with van der Waals surface area (Å²) < 4.78 is 22.2. The molecule has 364 valence electrons. The number of likely N-dealkylation sites (tertiary alicyclic amines) is 2. The number of amides is 4. The smallest absolute Gasteiger partial charge is 0.407 e. The van der Waals surface area contributed by atoms with Crippen molar-refractivity contribution in [3.63, 3.8) is 0 Å². The second kappa shape index (κ2) is 20.1. The number of methoxy groups -OCH3 is 2. The highest BCUT2D eigenvalue weighted by molar-refractivity contribution is 5.88. The first-order chi connectivity index (χ1) is 32.8. The molecule has 4 saturated heterocycles. The summed E-state index contributed by atoms with van der Waals surface area (Å²) in [6, 6.07) is 14.6. The number of ether oxygens (including phenoxy) is 4. The molecule has 2 aromatic heterocycles. The third-order valence-electron chi connectivity index (χ3n) is 15.2. The monoisotopic (exact) mass is 933 g/mol. The summed E-state index contributed by atoms with van der Waals surface area (Å²) >= 11 is 0. The molecule has 2 aromatic carbocycles. The Kier molecular flexibility index (Phi) is 14.0. The molecule has 6 heterocycles. The molecule has 0 radical (unpaired) electrons. The number of hydrogen-bond acceptors (Lipinski definition) is 10. The van der Waals surface area contributed by atoms with E-state index in [0.717, 1.165) is 90.2 Å². The number of imidazole rings is 2. The Morgan fingerprint density at radius 1 is 0.574 bits per heavy atom. The highest BCUT2D eigenvalue weighted by atomic mass is 16.5. The molecule has 1 saturated carbocycles. The van der Waals surface area contributed by atoms with Crippen LogP contribution in [0.1, 0.15) is 123 Å². The fraction of sp³-hybridized carbons (Fsp3) is 0.577. The van der Waals surface area contributed by atoms with Crippen molar-refractivity contribution in [2.75, 3.05) is 14.2 Å². The summed E-state index contributed by atoms with van der Waals surface area (Å²) in [5, 5.41) is 5.81. The maximum absolute atomic E-state index is 14.6. The van der Waals surface area contributed by atoms with Gasteiger partial charge in [0.1, 0.15) is 23.7 Å². The fourth-order valence-corrected chi connectivity index (χ4v) is 11.7. The average molecular weight is 933 g/mol. The van der Waals surface area contributed by atoms with E-state index in [9.17, 15) is 19.2 Å². The number of H-pyrrole nitrogens is 2. The van der Waals surface area contributed by atoms with Crippen LogP contribution in [0.4, 0.5) is 9.59 Å². The van der Waals surface area contributed by atoms with Crippen molar-refractivity contribution in [3.8, 4) is 33.6 Å². The molecule has 4 N–H and O–H groups in total. The Balaban J connectivity index is 0.863. The number of nitrogens with zero attached hydrogens (tertiary/aromatic N) is 4. The van der Waals surface area contributed by atoms with Crippen LogP contribution in [0, 0.1) is 17.8 Å². The summed E-state index contributed by atoms with van der Waals surface area (Å²) in [5.74, 6) is 1.61. The lowest BCUT2D eigenvalue weighted by molar-refractivity contribution is -0.141. The minimum atomic E-state index is -0.736. The third kappa shape index (κ3) is 10.0. The quantitative estimate of drug-likeness (QED) is 0.107. The SMILES string of the molecule is COC(=O)N[C@H](C(=O)N1[C@@H](C)CC[C@H]1c1ncc(-c2ccc(-c3ccc(-c4cnc([C@@H]5CC[C@H](C)N5C(=O)[C@@H](NC(=O)OC)[C@H]5C[C@@H](C)O[C@H](C6CC6)C5)[nH]4)cc3)cc2)[nH]1)C1C[C@@H](C)O[C@H](C)C1. The molecular formula is C52H68N8O8. The van der Waals surface area contributed by atoms with Crippen LogP contribution >= 0.6 is 0 Å². The van der Waals surface area contributed by atoms with Gasteiger partial charge >= 0.3 is 12.2 Å². The molecule has 5 fully saturated rings. The zero-order valence-corrected chi connectivity index (χ0v) is 40.4. The first-order valence-corrected chi connectivity index (χ1v) is 24.7. The molecule has 4 amide bonds. The predicted octanol–water partition coefficient (Wildman–Crippen LogP) is 8.48. The molecule has 0 bridgehead atoms. The lowest BCUT2D eigenvalue weighted by atomic mass is 9.83. The number of benzene rings is 2. The highest BCUT2D eigenvalue weighted by Gasteiger charge is 2.47. The van der Waals surface area contributed by atoms with Gasteiger partial charge in [0.2, 0.25) is 11.8 Å². The standard InChI is InChI=1S/C52H68N8O8/c1-28-8-20-42(59(28)49(61)45(57-51(63)65-6)38-22-30(3)67-31(4)23-38)47-53-26-40(55-47)35-14-10-33(11-15-35)34-12-16-36(17-13-34)41-27-54-48(56-41)43-21-9-29(2)60(43)50(62)46(58-52(64)66-7)39-24-32(5)68-44(25-39)37-18-19-37/h10-17,26-32,37-39,42-46H,8-9,18-25H2,1-7H3,(H,53,55)(H,54,56)(H,57,63)(H,58,64)/t28-,29-,30+,31+,32+,39-,42-,43-,44-,45-,46-/m0/s1. The second-order valence-electron chi connectivity index (χ2n) is 20.2. The second-order valence-corrected chi connectivity index (χ2v) is 20.2. The number of rotatable bonds is 12. The van der Waals surface area contributed by atoms with Crippen LogP contribution in [0.3, 0.4) is 0 Å². The first kappa shape index (κ1) is 47.3. The van der Waals surface area contributed by atoms with Gasteiger partial charge in [0.15, 0.2) is 0 Å². The molecular weight excluding hydrogens is 865 g/mol. The first-order valence-electron chi connectivity index (χ1n) is 24.7. The maximum Gasteiger partial charge on any atom is 0.407 e. The molecule has 16 heteroatoms. The molecule has 5 aliphatic rings. The number of hydrogen-bond donors (Lipinski definition) is 4. The van der Waals surface area contributed by atoms with Gasteiger partial charge in [0, 0.05) is 12.1 Å². The van der Waals surface area contributed by atoms with E-state index in [1.54, 1.807) is 0 Å². The van der Waals surface area contributed by atoms with E-state index >= 15 is 0 Å². The summed E-state index contributed by atoms with van der Waals surface area (Å²) in [4.78, 5) is 74.7. The van der Waals surface area contributed by atoms with E-state index in [4.69, 9.17) is 28.9 Å².